The predicted molar refractivity (Wildman–Crippen MR) is 74.4 cm³/mol. The molecule has 82 valence electrons. The first kappa shape index (κ1) is 12.7. The average Bonchev–Trinajstić information content (AvgIpc) is 2.47. The molecule has 1 heterocycles. The molecule has 3 heteroatoms. The molecule has 0 bridgehead atoms. The number of aliphatic imine (C=N–C) groups is 1. The molecule has 0 atom stereocenters. The molecular weight excluding hydrogens is 222 g/mol. The van der Waals surface area contributed by atoms with Gasteiger partial charge in [0.25, 0.3) is 0 Å². The minimum Gasteiger partial charge on any atom is -0.245 e. The molecule has 0 amide bonds. The fourth-order valence-electron chi connectivity index (χ4n) is 1.05. The van der Waals surface area contributed by atoms with Crippen LogP contribution in [0, 0.1) is 5.92 Å². The molecule has 0 aromatic rings. The molecule has 0 N–H and O–H groups in total. The largest absolute Gasteiger partial charge is 0.245 e. The van der Waals surface area contributed by atoms with Crippen molar-refractivity contribution in [1.29, 1.82) is 0 Å². The van der Waals surface area contributed by atoms with Gasteiger partial charge in [-0.3, -0.25) is 0 Å². The number of thioether (sulfide) groups is 1. The van der Waals surface area contributed by atoms with Crippen LogP contribution in [0.4, 0.5) is 0 Å². The van der Waals surface area contributed by atoms with E-state index in [1.54, 1.807) is 11.8 Å². The Kier molecular flexibility index (Phi) is 4.29. The molecule has 1 rings (SSSR count). The molecule has 0 saturated heterocycles. The fraction of sp³-hybridized carbons (Fsp3) is 0.417. The van der Waals surface area contributed by atoms with Gasteiger partial charge in [0.1, 0.15) is 5.04 Å². The summed E-state index contributed by atoms with van der Waals surface area (Å²) in [5.41, 5.74) is 1.97. The quantitative estimate of drug-likeness (QED) is 0.704. The van der Waals surface area contributed by atoms with E-state index >= 15 is 0 Å². The zero-order chi connectivity index (χ0) is 11.6. The summed E-state index contributed by atoms with van der Waals surface area (Å²) >= 11 is 5.99. The van der Waals surface area contributed by atoms with E-state index in [0.717, 1.165) is 21.2 Å². The van der Waals surface area contributed by atoms with E-state index in [4.69, 9.17) is 0 Å². The molecule has 0 fully saturated rings. The standard InChI is InChI=1S/C12H17NS2/c1-7(2)11-6-8(3)12(15-11)13-9(4)10(5)14/h6-7,14H,3H2,1-2,4-5H3/b10-9+,13-12?. The SMILES string of the molecule is C=C1C=C(C(C)C)SC1=N/C(C)=C(\C)S. The maximum atomic E-state index is 4.52. The van der Waals surface area contributed by atoms with Crippen molar-refractivity contribution in [3.8, 4) is 0 Å². The summed E-state index contributed by atoms with van der Waals surface area (Å²) in [5.74, 6) is 0.542. The van der Waals surface area contributed by atoms with Gasteiger partial charge in [0, 0.05) is 11.3 Å². The lowest BCUT2D eigenvalue weighted by Crippen LogP contribution is -1.90. The van der Waals surface area contributed by atoms with Gasteiger partial charge in [0.2, 0.25) is 0 Å². The van der Waals surface area contributed by atoms with E-state index in [1.807, 2.05) is 13.8 Å². The van der Waals surface area contributed by atoms with E-state index < -0.39 is 0 Å². The van der Waals surface area contributed by atoms with Crippen LogP contribution in [0.1, 0.15) is 27.7 Å². The molecule has 1 nitrogen and oxygen atoms in total. The van der Waals surface area contributed by atoms with Gasteiger partial charge < -0.3 is 0 Å². The molecular formula is C12H17NS2. The zero-order valence-electron chi connectivity index (χ0n) is 9.66. The molecule has 0 spiro atoms. The lowest BCUT2D eigenvalue weighted by molar-refractivity contribution is 0.818. The van der Waals surface area contributed by atoms with Crippen molar-refractivity contribution < 1.29 is 0 Å². The van der Waals surface area contributed by atoms with Gasteiger partial charge >= 0.3 is 0 Å². The van der Waals surface area contributed by atoms with E-state index in [-0.39, 0.29) is 0 Å². The highest BCUT2D eigenvalue weighted by Crippen LogP contribution is 2.36. The van der Waals surface area contributed by atoms with E-state index in [2.05, 4.69) is 44.1 Å². The second-order valence-electron chi connectivity index (χ2n) is 3.92. The maximum Gasteiger partial charge on any atom is 0.107 e. The maximum absolute atomic E-state index is 4.52. The summed E-state index contributed by atoms with van der Waals surface area (Å²) in [6.45, 7) is 12.3. The Labute approximate surface area is 102 Å². The monoisotopic (exact) mass is 239 g/mol. The first-order valence-corrected chi connectivity index (χ1v) is 6.22. The van der Waals surface area contributed by atoms with Crippen LogP contribution in [0.15, 0.2) is 38.7 Å². The molecule has 0 radical (unpaired) electrons. The van der Waals surface area contributed by atoms with Crippen LogP contribution in [0.5, 0.6) is 0 Å². The minimum absolute atomic E-state index is 0.542. The van der Waals surface area contributed by atoms with Crippen molar-refractivity contribution in [2.75, 3.05) is 0 Å². The number of rotatable bonds is 2. The van der Waals surface area contributed by atoms with E-state index in [1.165, 1.54) is 4.91 Å². The summed E-state index contributed by atoms with van der Waals surface area (Å²) in [7, 11) is 0. The van der Waals surface area contributed by atoms with Crippen LogP contribution in [0.2, 0.25) is 0 Å². The number of nitrogens with zero attached hydrogens (tertiary/aromatic N) is 1. The molecule has 0 aliphatic carbocycles. The van der Waals surface area contributed by atoms with Gasteiger partial charge in [-0.05, 0) is 35.7 Å². The highest BCUT2D eigenvalue weighted by molar-refractivity contribution is 8.18. The Hall–Kier alpha value is -0.410. The minimum atomic E-state index is 0.542. The normalized spacial score (nSPS) is 21.1. The fourth-order valence-corrected chi connectivity index (χ4v) is 2.14. The van der Waals surface area contributed by atoms with Crippen molar-refractivity contribution in [2.45, 2.75) is 27.7 Å². The molecule has 0 aromatic heterocycles. The van der Waals surface area contributed by atoms with Gasteiger partial charge in [-0.2, -0.15) is 0 Å². The third kappa shape index (κ3) is 3.28. The van der Waals surface area contributed by atoms with Gasteiger partial charge in [0.05, 0.1) is 0 Å². The number of hydrogen-bond acceptors (Lipinski definition) is 3. The molecule has 1 aliphatic rings. The van der Waals surface area contributed by atoms with Crippen molar-refractivity contribution in [1.82, 2.24) is 0 Å². The Bertz CT molecular complexity index is 369. The van der Waals surface area contributed by atoms with Gasteiger partial charge in [0.15, 0.2) is 0 Å². The highest BCUT2D eigenvalue weighted by atomic mass is 32.2. The summed E-state index contributed by atoms with van der Waals surface area (Å²) in [4.78, 5) is 6.81. The summed E-state index contributed by atoms with van der Waals surface area (Å²) < 4.78 is 0. The molecule has 0 aromatic carbocycles. The van der Waals surface area contributed by atoms with E-state index in [0.29, 0.717) is 5.92 Å². The van der Waals surface area contributed by atoms with Crippen LogP contribution in [0.3, 0.4) is 0 Å². The second kappa shape index (κ2) is 5.08. The lowest BCUT2D eigenvalue weighted by atomic mass is 10.1. The average molecular weight is 239 g/mol. The smallest absolute Gasteiger partial charge is 0.107 e. The Morgan fingerprint density at radius 2 is 2.07 bits per heavy atom. The Balaban J connectivity index is 2.89. The molecule has 0 saturated carbocycles. The van der Waals surface area contributed by atoms with Crippen molar-refractivity contribution in [2.24, 2.45) is 10.9 Å². The van der Waals surface area contributed by atoms with Crippen LogP contribution in [0.25, 0.3) is 0 Å². The first-order chi connectivity index (χ1) is 6.91. The van der Waals surface area contributed by atoms with Crippen LogP contribution in [-0.4, -0.2) is 5.04 Å². The summed E-state index contributed by atoms with van der Waals surface area (Å²) in [6, 6.07) is 0. The number of hydrogen-bond donors (Lipinski definition) is 1. The summed E-state index contributed by atoms with van der Waals surface area (Å²) in [5, 5.41) is 1.00. The van der Waals surface area contributed by atoms with E-state index in [9.17, 15) is 0 Å². The molecule has 15 heavy (non-hydrogen) atoms. The lowest BCUT2D eigenvalue weighted by Gasteiger charge is -2.04. The van der Waals surface area contributed by atoms with Gasteiger partial charge in [-0.1, -0.05) is 32.2 Å². The second-order valence-corrected chi connectivity index (χ2v) is 5.65. The molecule has 0 unspecified atom stereocenters. The van der Waals surface area contributed by atoms with Crippen LogP contribution in [-0.2, 0) is 0 Å². The topological polar surface area (TPSA) is 12.4 Å². The first-order valence-electron chi connectivity index (χ1n) is 4.95. The highest BCUT2D eigenvalue weighted by Gasteiger charge is 2.18. The molecule has 1 aliphatic heterocycles. The third-order valence-electron chi connectivity index (χ3n) is 2.17. The van der Waals surface area contributed by atoms with Gasteiger partial charge in [-0.15, -0.1) is 12.6 Å². The summed E-state index contributed by atoms with van der Waals surface area (Å²) in [6.07, 6.45) is 2.12. The predicted octanol–water partition coefficient (Wildman–Crippen LogP) is 4.41. The van der Waals surface area contributed by atoms with Crippen molar-refractivity contribution in [3.05, 3.63) is 33.7 Å². The van der Waals surface area contributed by atoms with Crippen LogP contribution < -0.4 is 0 Å². The third-order valence-corrected chi connectivity index (χ3v) is 3.86. The number of thiol groups is 1. The Morgan fingerprint density at radius 3 is 2.47 bits per heavy atom. The Morgan fingerprint density at radius 1 is 1.47 bits per heavy atom. The van der Waals surface area contributed by atoms with Crippen LogP contribution >= 0.6 is 24.4 Å². The van der Waals surface area contributed by atoms with Crippen molar-refractivity contribution in [3.63, 3.8) is 0 Å². The van der Waals surface area contributed by atoms with Gasteiger partial charge in [-0.25, -0.2) is 4.99 Å². The zero-order valence-corrected chi connectivity index (χ0v) is 11.4. The van der Waals surface area contributed by atoms with Crippen molar-refractivity contribution >= 4 is 29.4 Å². The number of allylic oxidation sites excluding steroid dienone is 4.